The summed E-state index contributed by atoms with van der Waals surface area (Å²) in [5.74, 6) is -0.00563. The fourth-order valence-electron chi connectivity index (χ4n) is 1.89. The molecule has 0 radical (unpaired) electrons. The maximum Gasteiger partial charge on any atom is 0.241 e. The lowest BCUT2D eigenvalue weighted by Crippen LogP contribution is -2.43. The molecule has 0 aliphatic carbocycles. The first-order chi connectivity index (χ1) is 8.16. The first-order valence-corrected chi connectivity index (χ1v) is 6.83. The summed E-state index contributed by atoms with van der Waals surface area (Å²) in [6, 6.07) is 5.33. The Morgan fingerprint density at radius 2 is 2.29 bits per heavy atom. The second-order valence-corrected chi connectivity index (χ2v) is 5.44. The van der Waals surface area contributed by atoms with Gasteiger partial charge in [0.15, 0.2) is 0 Å². The molecule has 1 saturated heterocycles. The van der Waals surface area contributed by atoms with Crippen LogP contribution in [0.5, 0.6) is 0 Å². The largest absolute Gasteiger partial charge is 0.323 e. The Morgan fingerprint density at radius 3 is 2.94 bits per heavy atom. The number of nitrogens with one attached hydrogen (secondary N) is 2. The van der Waals surface area contributed by atoms with Gasteiger partial charge in [-0.1, -0.05) is 34.0 Å². The van der Waals surface area contributed by atoms with E-state index in [0.29, 0.717) is 10.7 Å². The summed E-state index contributed by atoms with van der Waals surface area (Å²) in [6.07, 6.45) is 3.13. The van der Waals surface area contributed by atoms with Crippen molar-refractivity contribution >= 4 is 39.1 Å². The Bertz CT molecular complexity index is 419. The number of carbonyl (C=O) groups excluding carboxylic acids is 1. The van der Waals surface area contributed by atoms with Crippen LogP contribution in [0.4, 0.5) is 5.69 Å². The minimum absolute atomic E-state index is 0.00563. The Kier molecular flexibility index (Phi) is 4.42. The van der Waals surface area contributed by atoms with Crippen LogP contribution in [0.15, 0.2) is 22.7 Å². The minimum Gasteiger partial charge on any atom is -0.323 e. The number of halogens is 2. The zero-order chi connectivity index (χ0) is 12.3. The molecule has 1 fully saturated rings. The predicted octanol–water partition coefficient (Wildman–Crippen LogP) is 3.18. The first-order valence-electron chi connectivity index (χ1n) is 5.66. The molecule has 2 rings (SSSR count). The van der Waals surface area contributed by atoms with Crippen molar-refractivity contribution in [2.24, 2.45) is 0 Å². The second-order valence-electron chi connectivity index (χ2n) is 4.12. The van der Waals surface area contributed by atoms with Gasteiger partial charge in [0.25, 0.3) is 0 Å². The SMILES string of the molecule is O=C(Nc1ccc(Br)cc1Cl)[C@H]1CCCCN1. The van der Waals surface area contributed by atoms with Crippen LogP contribution in [0, 0.1) is 0 Å². The number of benzene rings is 1. The van der Waals surface area contributed by atoms with E-state index in [4.69, 9.17) is 11.6 Å². The molecular weight excluding hydrogens is 304 g/mol. The molecule has 92 valence electrons. The van der Waals surface area contributed by atoms with Crippen LogP contribution in [0.3, 0.4) is 0 Å². The third-order valence-electron chi connectivity index (χ3n) is 2.82. The van der Waals surface area contributed by atoms with Gasteiger partial charge in [-0.05, 0) is 37.6 Å². The van der Waals surface area contributed by atoms with E-state index in [1.54, 1.807) is 12.1 Å². The molecule has 1 aromatic rings. The topological polar surface area (TPSA) is 41.1 Å². The van der Waals surface area contributed by atoms with E-state index in [2.05, 4.69) is 26.6 Å². The van der Waals surface area contributed by atoms with Crippen molar-refractivity contribution in [3.63, 3.8) is 0 Å². The lowest BCUT2D eigenvalue weighted by atomic mass is 10.0. The zero-order valence-corrected chi connectivity index (χ0v) is 11.6. The summed E-state index contributed by atoms with van der Waals surface area (Å²) in [7, 11) is 0. The zero-order valence-electron chi connectivity index (χ0n) is 9.30. The van der Waals surface area contributed by atoms with Gasteiger partial charge in [0.1, 0.15) is 0 Å². The van der Waals surface area contributed by atoms with Gasteiger partial charge in [0, 0.05) is 4.47 Å². The molecule has 1 atom stereocenters. The summed E-state index contributed by atoms with van der Waals surface area (Å²) in [4.78, 5) is 12.0. The third kappa shape index (κ3) is 3.44. The van der Waals surface area contributed by atoms with Crippen molar-refractivity contribution in [2.45, 2.75) is 25.3 Å². The molecule has 0 aromatic heterocycles. The Balaban J connectivity index is 2.02. The molecule has 0 saturated carbocycles. The molecule has 1 heterocycles. The van der Waals surface area contributed by atoms with Crippen molar-refractivity contribution in [3.8, 4) is 0 Å². The fraction of sp³-hybridized carbons (Fsp3) is 0.417. The van der Waals surface area contributed by atoms with Crippen LogP contribution in [-0.2, 0) is 4.79 Å². The highest BCUT2D eigenvalue weighted by atomic mass is 79.9. The summed E-state index contributed by atoms with van der Waals surface area (Å²) in [5, 5.41) is 6.60. The van der Waals surface area contributed by atoms with Crippen molar-refractivity contribution < 1.29 is 4.79 Å². The van der Waals surface area contributed by atoms with E-state index in [-0.39, 0.29) is 11.9 Å². The highest BCUT2D eigenvalue weighted by Gasteiger charge is 2.20. The summed E-state index contributed by atoms with van der Waals surface area (Å²) >= 11 is 9.38. The fourth-order valence-corrected chi connectivity index (χ4v) is 2.61. The van der Waals surface area contributed by atoms with Gasteiger partial charge < -0.3 is 10.6 Å². The highest BCUT2D eigenvalue weighted by Crippen LogP contribution is 2.26. The minimum atomic E-state index is -0.0940. The summed E-state index contributed by atoms with van der Waals surface area (Å²) in [6.45, 7) is 0.909. The number of rotatable bonds is 2. The van der Waals surface area contributed by atoms with Crippen LogP contribution < -0.4 is 10.6 Å². The molecular formula is C12H14BrClN2O. The molecule has 1 aliphatic heterocycles. The second kappa shape index (κ2) is 5.85. The smallest absolute Gasteiger partial charge is 0.241 e. The van der Waals surface area contributed by atoms with E-state index >= 15 is 0 Å². The summed E-state index contributed by atoms with van der Waals surface area (Å²) in [5.41, 5.74) is 0.659. The number of hydrogen-bond donors (Lipinski definition) is 2. The van der Waals surface area contributed by atoms with Crippen LogP contribution in [0.1, 0.15) is 19.3 Å². The molecule has 1 aromatic carbocycles. The van der Waals surface area contributed by atoms with E-state index in [1.165, 1.54) is 0 Å². The van der Waals surface area contributed by atoms with Crippen molar-refractivity contribution in [2.75, 3.05) is 11.9 Å². The molecule has 0 unspecified atom stereocenters. The number of piperidine rings is 1. The molecule has 1 aliphatic rings. The number of anilines is 1. The van der Waals surface area contributed by atoms with Gasteiger partial charge in [-0.2, -0.15) is 0 Å². The normalized spacial score (nSPS) is 20.0. The van der Waals surface area contributed by atoms with Gasteiger partial charge in [0.2, 0.25) is 5.91 Å². The van der Waals surface area contributed by atoms with Gasteiger partial charge in [0.05, 0.1) is 16.8 Å². The van der Waals surface area contributed by atoms with E-state index < -0.39 is 0 Å². The highest BCUT2D eigenvalue weighted by molar-refractivity contribution is 9.10. The van der Waals surface area contributed by atoms with Gasteiger partial charge in [-0.15, -0.1) is 0 Å². The summed E-state index contributed by atoms with van der Waals surface area (Å²) < 4.78 is 0.899. The number of hydrogen-bond acceptors (Lipinski definition) is 2. The van der Waals surface area contributed by atoms with Crippen LogP contribution in [0.2, 0.25) is 5.02 Å². The van der Waals surface area contributed by atoms with Crippen molar-refractivity contribution in [1.29, 1.82) is 0 Å². The Hall–Kier alpha value is -0.580. The van der Waals surface area contributed by atoms with Crippen LogP contribution >= 0.6 is 27.5 Å². The predicted molar refractivity (Wildman–Crippen MR) is 73.4 cm³/mol. The van der Waals surface area contributed by atoms with Crippen LogP contribution in [-0.4, -0.2) is 18.5 Å². The standard InChI is InChI=1S/C12H14BrClN2O/c13-8-4-5-10(9(14)7-8)16-12(17)11-3-1-2-6-15-11/h4-5,7,11,15H,1-3,6H2,(H,16,17)/t11-/m1/s1. The van der Waals surface area contributed by atoms with E-state index in [0.717, 1.165) is 30.3 Å². The van der Waals surface area contributed by atoms with E-state index in [1.807, 2.05) is 6.07 Å². The monoisotopic (exact) mass is 316 g/mol. The average molecular weight is 318 g/mol. The molecule has 3 nitrogen and oxygen atoms in total. The first kappa shape index (κ1) is 12.9. The van der Waals surface area contributed by atoms with Crippen molar-refractivity contribution in [1.82, 2.24) is 5.32 Å². The maximum atomic E-state index is 12.0. The number of carbonyl (C=O) groups is 1. The quantitative estimate of drug-likeness (QED) is 0.879. The van der Waals surface area contributed by atoms with Crippen molar-refractivity contribution in [3.05, 3.63) is 27.7 Å². The molecule has 17 heavy (non-hydrogen) atoms. The number of amides is 1. The average Bonchev–Trinajstić information content (AvgIpc) is 2.34. The molecule has 0 bridgehead atoms. The van der Waals surface area contributed by atoms with E-state index in [9.17, 15) is 4.79 Å². The lowest BCUT2D eigenvalue weighted by Gasteiger charge is -2.22. The molecule has 5 heteroatoms. The van der Waals surface area contributed by atoms with Gasteiger partial charge in [-0.25, -0.2) is 0 Å². The Morgan fingerprint density at radius 1 is 1.47 bits per heavy atom. The Labute approximate surface area is 114 Å². The van der Waals surface area contributed by atoms with Gasteiger partial charge in [-0.3, -0.25) is 4.79 Å². The third-order valence-corrected chi connectivity index (χ3v) is 3.62. The van der Waals surface area contributed by atoms with Crippen LogP contribution in [0.25, 0.3) is 0 Å². The maximum absolute atomic E-state index is 12.0. The lowest BCUT2D eigenvalue weighted by molar-refractivity contribution is -0.118. The molecule has 2 N–H and O–H groups in total. The van der Waals surface area contributed by atoms with Gasteiger partial charge >= 0.3 is 0 Å². The molecule has 1 amide bonds. The molecule has 0 spiro atoms.